The highest BCUT2D eigenvalue weighted by Gasteiger charge is 2.37. The lowest BCUT2D eigenvalue weighted by Gasteiger charge is -2.23. The minimum Gasteiger partial charge on any atom is -0.310 e. The summed E-state index contributed by atoms with van der Waals surface area (Å²) in [6.07, 6.45) is 0.152. The van der Waals surface area contributed by atoms with E-state index in [1.54, 1.807) is 16.0 Å². The third-order valence-corrected chi connectivity index (χ3v) is 6.27. The summed E-state index contributed by atoms with van der Waals surface area (Å²) in [5.74, 6) is -0.0396. The molecule has 0 saturated heterocycles. The Morgan fingerprint density at radius 2 is 1.93 bits per heavy atom. The molecule has 0 radical (unpaired) electrons. The molecule has 1 aliphatic rings. The Hall–Kier alpha value is -2.73. The van der Waals surface area contributed by atoms with E-state index in [4.69, 9.17) is 5.10 Å². The monoisotopic (exact) mass is 393 g/mol. The number of nitrogens with zero attached hydrogens (tertiary/aromatic N) is 2. The average molecular weight is 394 g/mol. The maximum absolute atomic E-state index is 13.3. The summed E-state index contributed by atoms with van der Waals surface area (Å²) in [6, 6.07) is 8.04. The first-order chi connectivity index (χ1) is 13.3. The van der Waals surface area contributed by atoms with Crippen LogP contribution in [0.15, 0.2) is 24.3 Å². The Labute approximate surface area is 168 Å². The SMILES string of the molecule is Cc1ccc(-n2nc(C)c3c2NC(=O)C[C@H]3C(=O)c2cc(C)sc2C)c(C)c1. The topological polar surface area (TPSA) is 64.0 Å². The normalized spacial score (nSPS) is 16.0. The standard InChI is InChI=1S/C22H23N3O2S/c1-11-6-7-18(12(2)8-11)25-22-20(14(4)24-25)17(10-19(26)23-22)21(27)16-9-13(3)28-15(16)5/h6-9,17H,10H2,1-5H3,(H,23,26)/t17-/m1/s1. The number of fused-ring (bicyclic) bond motifs is 1. The maximum Gasteiger partial charge on any atom is 0.226 e. The highest BCUT2D eigenvalue weighted by Crippen LogP contribution is 2.39. The first-order valence-corrected chi connectivity index (χ1v) is 10.2. The van der Waals surface area contributed by atoms with Crippen LogP contribution in [0, 0.1) is 34.6 Å². The van der Waals surface area contributed by atoms with Gasteiger partial charge in [0.05, 0.1) is 17.3 Å². The number of ketones is 1. The number of amides is 1. The maximum atomic E-state index is 13.3. The molecule has 1 aliphatic heterocycles. The number of carbonyl (C=O) groups is 2. The fourth-order valence-electron chi connectivity index (χ4n) is 4.05. The van der Waals surface area contributed by atoms with Gasteiger partial charge in [-0.05, 0) is 52.3 Å². The van der Waals surface area contributed by atoms with Crippen LogP contribution in [0.5, 0.6) is 0 Å². The van der Waals surface area contributed by atoms with Crippen molar-refractivity contribution in [2.45, 2.75) is 47.0 Å². The number of Topliss-reactive ketones (excluding diaryl/α,β-unsaturated/α-hetero) is 1. The van der Waals surface area contributed by atoms with Gasteiger partial charge in [-0.3, -0.25) is 9.59 Å². The minimum absolute atomic E-state index is 0.00114. The first kappa shape index (κ1) is 18.6. The number of hydrogen-bond acceptors (Lipinski definition) is 4. The molecule has 0 bridgehead atoms. The quantitative estimate of drug-likeness (QED) is 0.651. The number of aryl methyl sites for hydroxylation is 5. The van der Waals surface area contributed by atoms with Crippen molar-refractivity contribution in [3.8, 4) is 5.69 Å². The van der Waals surface area contributed by atoms with Crippen LogP contribution in [-0.4, -0.2) is 21.5 Å². The number of aromatic nitrogens is 2. The van der Waals surface area contributed by atoms with E-state index in [1.807, 2.05) is 52.8 Å². The third kappa shape index (κ3) is 2.98. The number of hydrogen-bond donors (Lipinski definition) is 1. The molecule has 5 nitrogen and oxygen atoms in total. The van der Waals surface area contributed by atoms with Crippen molar-refractivity contribution in [1.29, 1.82) is 0 Å². The highest BCUT2D eigenvalue weighted by atomic mass is 32.1. The van der Waals surface area contributed by atoms with E-state index in [-0.39, 0.29) is 18.1 Å². The molecule has 1 amide bonds. The van der Waals surface area contributed by atoms with Crippen LogP contribution in [0.2, 0.25) is 0 Å². The lowest BCUT2D eigenvalue weighted by atomic mass is 9.85. The van der Waals surface area contributed by atoms with Crippen LogP contribution >= 0.6 is 11.3 Å². The first-order valence-electron chi connectivity index (χ1n) is 9.34. The summed E-state index contributed by atoms with van der Waals surface area (Å²) in [5.41, 5.74) is 5.46. The number of nitrogens with one attached hydrogen (secondary N) is 1. The molecular weight excluding hydrogens is 370 g/mol. The smallest absolute Gasteiger partial charge is 0.226 e. The molecule has 4 rings (SSSR count). The number of anilines is 1. The van der Waals surface area contributed by atoms with Gasteiger partial charge in [0.15, 0.2) is 5.78 Å². The van der Waals surface area contributed by atoms with Gasteiger partial charge in [0.2, 0.25) is 5.91 Å². The molecule has 1 atom stereocenters. The van der Waals surface area contributed by atoms with E-state index in [9.17, 15) is 9.59 Å². The molecule has 0 spiro atoms. The van der Waals surface area contributed by atoms with E-state index in [1.165, 1.54) is 5.56 Å². The number of thiophene rings is 1. The summed E-state index contributed by atoms with van der Waals surface area (Å²) in [5, 5.41) is 7.65. The number of rotatable bonds is 3. The summed E-state index contributed by atoms with van der Waals surface area (Å²) >= 11 is 1.61. The molecule has 3 aromatic rings. The van der Waals surface area contributed by atoms with Crippen LogP contribution in [0.4, 0.5) is 5.82 Å². The second kappa shape index (κ2) is 6.71. The van der Waals surface area contributed by atoms with Gasteiger partial charge in [0, 0.05) is 27.3 Å². The van der Waals surface area contributed by atoms with Gasteiger partial charge in [0.25, 0.3) is 0 Å². The summed E-state index contributed by atoms with van der Waals surface area (Å²) in [4.78, 5) is 27.9. The summed E-state index contributed by atoms with van der Waals surface area (Å²) in [7, 11) is 0. The van der Waals surface area contributed by atoms with Gasteiger partial charge >= 0.3 is 0 Å². The Morgan fingerprint density at radius 3 is 2.57 bits per heavy atom. The molecule has 6 heteroatoms. The Balaban J connectivity index is 1.86. The lowest BCUT2D eigenvalue weighted by Crippen LogP contribution is -2.28. The largest absolute Gasteiger partial charge is 0.310 e. The Morgan fingerprint density at radius 1 is 1.18 bits per heavy atom. The zero-order chi connectivity index (χ0) is 20.2. The van der Waals surface area contributed by atoms with Gasteiger partial charge in [0.1, 0.15) is 5.82 Å². The second-order valence-electron chi connectivity index (χ2n) is 7.55. The summed E-state index contributed by atoms with van der Waals surface area (Å²) in [6.45, 7) is 9.93. The molecule has 0 saturated carbocycles. The number of carbonyl (C=O) groups excluding carboxylic acids is 2. The predicted octanol–water partition coefficient (Wildman–Crippen LogP) is 4.78. The highest BCUT2D eigenvalue weighted by molar-refractivity contribution is 7.12. The van der Waals surface area contributed by atoms with E-state index in [0.29, 0.717) is 11.4 Å². The fraction of sp³-hybridized carbons (Fsp3) is 0.318. The zero-order valence-corrected chi connectivity index (χ0v) is 17.5. The molecule has 1 aromatic carbocycles. The van der Waals surface area contributed by atoms with Crippen LogP contribution in [0.1, 0.15) is 54.8 Å². The minimum atomic E-state index is -0.504. The van der Waals surface area contributed by atoms with Crippen LogP contribution in [0.3, 0.4) is 0 Å². The second-order valence-corrected chi connectivity index (χ2v) is 9.01. The van der Waals surface area contributed by atoms with E-state index in [0.717, 1.165) is 32.3 Å². The molecule has 0 unspecified atom stereocenters. The van der Waals surface area contributed by atoms with Crippen molar-refractivity contribution < 1.29 is 9.59 Å². The van der Waals surface area contributed by atoms with Gasteiger partial charge in [-0.15, -0.1) is 11.3 Å². The molecule has 2 aromatic heterocycles. The summed E-state index contributed by atoms with van der Waals surface area (Å²) < 4.78 is 1.77. The van der Waals surface area contributed by atoms with Crippen LogP contribution < -0.4 is 5.32 Å². The lowest BCUT2D eigenvalue weighted by molar-refractivity contribution is -0.116. The van der Waals surface area contributed by atoms with Crippen molar-refractivity contribution in [1.82, 2.24) is 9.78 Å². The van der Waals surface area contributed by atoms with Crippen molar-refractivity contribution in [2.75, 3.05) is 5.32 Å². The molecule has 1 N–H and O–H groups in total. The fourth-order valence-corrected chi connectivity index (χ4v) is 4.98. The van der Waals surface area contributed by atoms with Gasteiger partial charge < -0.3 is 5.32 Å². The van der Waals surface area contributed by atoms with Gasteiger partial charge in [-0.2, -0.15) is 5.10 Å². The van der Waals surface area contributed by atoms with Crippen molar-refractivity contribution in [3.63, 3.8) is 0 Å². The van der Waals surface area contributed by atoms with Gasteiger partial charge in [-0.25, -0.2) is 4.68 Å². The predicted molar refractivity (Wildman–Crippen MR) is 112 cm³/mol. The van der Waals surface area contributed by atoms with E-state index < -0.39 is 5.92 Å². The third-order valence-electron chi connectivity index (χ3n) is 5.31. The molecule has 144 valence electrons. The molecule has 0 aliphatic carbocycles. The molecular formula is C22H23N3O2S. The molecule has 3 heterocycles. The van der Waals surface area contributed by atoms with Crippen molar-refractivity contribution in [2.24, 2.45) is 0 Å². The van der Waals surface area contributed by atoms with Crippen LogP contribution in [0.25, 0.3) is 5.69 Å². The van der Waals surface area contributed by atoms with Crippen molar-refractivity contribution >= 4 is 28.8 Å². The van der Waals surface area contributed by atoms with E-state index >= 15 is 0 Å². The Bertz CT molecular complexity index is 1120. The van der Waals surface area contributed by atoms with Crippen molar-refractivity contribution in [3.05, 3.63) is 62.0 Å². The zero-order valence-electron chi connectivity index (χ0n) is 16.7. The molecule has 28 heavy (non-hydrogen) atoms. The van der Waals surface area contributed by atoms with E-state index in [2.05, 4.69) is 11.4 Å². The number of benzene rings is 1. The van der Waals surface area contributed by atoms with Crippen LogP contribution in [-0.2, 0) is 4.79 Å². The van der Waals surface area contributed by atoms with Gasteiger partial charge in [-0.1, -0.05) is 17.7 Å². The Kier molecular flexibility index (Phi) is 4.46. The molecule has 0 fully saturated rings. The average Bonchev–Trinajstić information content (AvgIpc) is 3.12.